The molecule has 0 N–H and O–H groups in total. The second-order valence-corrected chi connectivity index (χ2v) is 6.18. The number of hydrogen-bond acceptors (Lipinski definition) is 2. The minimum atomic E-state index is 0.0282. The van der Waals surface area contributed by atoms with Crippen LogP contribution in [0.15, 0.2) is 72.8 Å². The van der Waals surface area contributed by atoms with Gasteiger partial charge in [0, 0.05) is 18.5 Å². The normalized spacial score (nSPS) is 27.3. The number of hydrogen-bond donors (Lipinski definition) is 0. The highest BCUT2D eigenvalue weighted by atomic mass is 16.1. The van der Waals surface area contributed by atoms with Crippen LogP contribution in [0.3, 0.4) is 0 Å². The summed E-state index contributed by atoms with van der Waals surface area (Å²) in [6.45, 7) is 0.843. The number of nitrogens with zero attached hydrogens (tertiary/aromatic N) is 1. The number of carbonyl (C=O) groups excluding carboxylic acids is 1. The van der Waals surface area contributed by atoms with E-state index in [1.54, 1.807) is 6.08 Å². The van der Waals surface area contributed by atoms with Gasteiger partial charge in [0.25, 0.3) is 0 Å². The average Bonchev–Trinajstić information content (AvgIpc) is 2.83. The minimum absolute atomic E-state index is 0.0282. The summed E-state index contributed by atoms with van der Waals surface area (Å²) >= 11 is 0. The topological polar surface area (TPSA) is 20.3 Å². The van der Waals surface area contributed by atoms with E-state index in [-0.39, 0.29) is 11.8 Å². The monoisotopic (exact) mass is 289 g/mol. The lowest BCUT2D eigenvalue weighted by atomic mass is 9.91. The van der Waals surface area contributed by atoms with E-state index < -0.39 is 0 Å². The first-order valence-electron chi connectivity index (χ1n) is 7.89. The van der Waals surface area contributed by atoms with Gasteiger partial charge in [-0.3, -0.25) is 9.69 Å². The van der Waals surface area contributed by atoms with Crippen molar-refractivity contribution >= 4 is 5.78 Å². The molecule has 0 spiro atoms. The molecule has 2 aliphatic rings. The Balaban J connectivity index is 1.65. The first-order valence-corrected chi connectivity index (χ1v) is 7.89. The maximum absolute atomic E-state index is 12.3. The van der Waals surface area contributed by atoms with Gasteiger partial charge >= 0.3 is 0 Å². The van der Waals surface area contributed by atoms with Crippen LogP contribution >= 0.6 is 0 Å². The summed E-state index contributed by atoms with van der Waals surface area (Å²) in [5.41, 5.74) is 2.61. The molecular weight excluding hydrogens is 270 g/mol. The van der Waals surface area contributed by atoms with E-state index in [0.29, 0.717) is 12.0 Å². The Labute approximate surface area is 131 Å². The quantitative estimate of drug-likeness (QED) is 0.861. The maximum Gasteiger partial charge on any atom is 0.172 e. The molecule has 0 saturated carbocycles. The van der Waals surface area contributed by atoms with Crippen LogP contribution in [0, 0.1) is 0 Å². The number of carbonyl (C=O) groups is 1. The molecule has 0 radical (unpaired) electrons. The number of ketones is 1. The van der Waals surface area contributed by atoms with Crippen molar-refractivity contribution in [1.82, 2.24) is 4.90 Å². The standard InChI is InChI=1S/C20H19NO/c22-20-12-11-18-17(16-9-5-2-6-10-16)13-19(20)21(18)14-15-7-3-1-4-8-15/h1-12,17-19H,13-14H2. The minimum Gasteiger partial charge on any atom is -0.293 e. The fourth-order valence-corrected chi connectivity index (χ4v) is 3.83. The molecule has 2 heteroatoms. The molecule has 2 bridgehead atoms. The molecule has 2 nitrogen and oxygen atoms in total. The number of rotatable bonds is 3. The molecule has 2 heterocycles. The van der Waals surface area contributed by atoms with Crippen molar-refractivity contribution in [3.63, 3.8) is 0 Å². The van der Waals surface area contributed by atoms with Gasteiger partial charge < -0.3 is 0 Å². The molecule has 2 aliphatic heterocycles. The maximum atomic E-state index is 12.3. The number of benzene rings is 2. The molecular formula is C20H19NO. The molecule has 1 saturated heterocycles. The lowest BCUT2D eigenvalue weighted by Crippen LogP contribution is -2.42. The molecule has 22 heavy (non-hydrogen) atoms. The summed E-state index contributed by atoms with van der Waals surface area (Å²) in [6, 6.07) is 21.4. The molecule has 0 amide bonds. The Morgan fingerprint density at radius 3 is 2.36 bits per heavy atom. The van der Waals surface area contributed by atoms with E-state index in [2.05, 4.69) is 59.5 Å². The summed E-state index contributed by atoms with van der Waals surface area (Å²) in [5.74, 6) is 0.670. The zero-order chi connectivity index (χ0) is 14.9. The third-order valence-corrected chi connectivity index (χ3v) is 4.89. The second-order valence-electron chi connectivity index (χ2n) is 6.18. The van der Waals surface area contributed by atoms with Crippen molar-refractivity contribution in [2.24, 2.45) is 0 Å². The van der Waals surface area contributed by atoms with E-state index in [0.717, 1.165) is 13.0 Å². The lowest BCUT2D eigenvalue weighted by molar-refractivity contribution is -0.119. The smallest absolute Gasteiger partial charge is 0.172 e. The average molecular weight is 289 g/mol. The van der Waals surface area contributed by atoms with Crippen molar-refractivity contribution < 1.29 is 4.79 Å². The molecule has 3 unspecified atom stereocenters. The number of fused-ring (bicyclic) bond motifs is 2. The Morgan fingerprint density at radius 1 is 0.955 bits per heavy atom. The summed E-state index contributed by atoms with van der Waals surface area (Å²) in [4.78, 5) is 14.7. The van der Waals surface area contributed by atoms with Gasteiger partial charge in [-0.25, -0.2) is 0 Å². The van der Waals surface area contributed by atoms with Gasteiger partial charge in [-0.2, -0.15) is 0 Å². The zero-order valence-electron chi connectivity index (χ0n) is 12.4. The van der Waals surface area contributed by atoms with E-state index in [9.17, 15) is 4.79 Å². The molecule has 3 atom stereocenters. The van der Waals surface area contributed by atoms with Crippen LogP contribution in [-0.2, 0) is 11.3 Å². The zero-order valence-corrected chi connectivity index (χ0v) is 12.4. The highest BCUT2D eigenvalue weighted by molar-refractivity contribution is 5.96. The van der Waals surface area contributed by atoms with Crippen LogP contribution < -0.4 is 0 Å². The summed E-state index contributed by atoms with van der Waals surface area (Å²) in [6.07, 6.45) is 4.82. The van der Waals surface area contributed by atoms with Gasteiger partial charge in [0.1, 0.15) is 0 Å². The van der Waals surface area contributed by atoms with Gasteiger partial charge in [-0.05, 0) is 23.6 Å². The Bertz CT molecular complexity index is 692. The molecule has 0 aromatic heterocycles. The predicted octanol–water partition coefficient (Wildman–Crippen LogP) is 3.55. The van der Waals surface area contributed by atoms with Crippen LogP contribution in [-0.4, -0.2) is 22.8 Å². The van der Waals surface area contributed by atoms with Crippen molar-refractivity contribution in [3.05, 3.63) is 83.9 Å². The van der Waals surface area contributed by atoms with Crippen molar-refractivity contribution in [1.29, 1.82) is 0 Å². The fourth-order valence-electron chi connectivity index (χ4n) is 3.83. The van der Waals surface area contributed by atoms with E-state index in [1.807, 2.05) is 12.1 Å². The van der Waals surface area contributed by atoms with Crippen molar-refractivity contribution in [2.45, 2.75) is 31.0 Å². The highest BCUT2D eigenvalue weighted by Gasteiger charge is 2.45. The van der Waals surface area contributed by atoms with Gasteiger partial charge in [0.2, 0.25) is 0 Å². The van der Waals surface area contributed by atoms with Crippen LogP contribution in [0.1, 0.15) is 23.5 Å². The van der Waals surface area contributed by atoms with Crippen LogP contribution in [0.4, 0.5) is 0 Å². The molecule has 0 aliphatic carbocycles. The van der Waals surface area contributed by atoms with Gasteiger partial charge in [0.15, 0.2) is 5.78 Å². The van der Waals surface area contributed by atoms with Crippen molar-refractivity contribution in [3.8, 4) is 0 Å². The SMILES string of the molecule is O=C1C=CC2C(c3ccccc3)CC1N2Cc1ccccc1. The Morgan fingerprint density at radius 2 is 1.64 bits per heavy atom. The molecule has 2 aromatic carbocycles. The Hall–Kier alpha value is -2.19. The highest BCUT2D eigenvalue weighted by Crippen LogP contribution is 2.41. The van der Waals surface area contributed by atoms with Gasteiger partial charge in [0.05, 0.1) is 6.04 Å². The third-order valence-electron chi connectivity index (χ3n) is 4.89. The molecule has 4 rings (SSSR count). The molecule has 2 aromatic rings. The lowest BCUT2D eigenvalue weighted by Gasteiger charge is -2.31. The fraction of sp³-hybridized carbons (Fsp3) is 0.250. The van der Waals surface area contributed by atoms with E-state index in [4.69, 9.17) is 0 Å². The molecule has 1 fully saturated rings. The molecule has 110 valence electrons. The first-order chi connectivity index (χ1) is 10.8. The van der Waals surface area contributed by atoms with Gasteiger partial charge in [-0.15, -0.1) is 0 Å². The van der Waals surface area contributed by atoms with Crippen LogP contribution in [0.2, 0.25) is 0 Å². The summed E-state index contributed by atoms with van der Waals surface area (Å²) < 4.78 is 0. The first kappa shape index (κ1) is 13.5. The predicted molar refractivity (Wildman–Crippen MR) is 87.5 cm³/mol. The van der Waals surface area contributed by atoms with Crippen LogP contribution in [0.5, 0.6) is 0 Å². The van der Waals surface area contributed by atoms with E-state index in [1.165, 1.54) is 11.1 Å². The van der Waals surface area contributed by atoms with Gasteiger partial charge in [-0.1, -0.05) is 66.7 Å². The third kappa shape index (κ3) is 2.30. The van der Waals surface area contributed by atoms with Crippen molar-refractivity contribution in [2.75, 3.05) is 0 Å². The Kier molecular flexibility index (Phi) is 3.39. The second kappa shape index (κ2) is 5.54. The summed E-state index contributed by atoms with van der Waals surface area (Å²) in [7, 11) is 0. The van der Waals surface area contributed by atoms with Crippen LogP contribution in [0.25, 0.3) is 0 Å². The summed E-state index contributed by atoms with van der Waals surface area (Å²) in [5, 5.41) is 0. The largest absolute Gasteiger partial charge is 0.293 e. The van der Waals surface area contributed by atoms with E-state index >= 15 is 0 Å².